The van der Waals surface area contributed by atoms with E-state index in [1.165, 1.54) is 12.7 Å². The lowest BCUT2D eigenvalue weighted by atomic mass is 10.0. The fourth-order valence-corrected chi connectivity index (χ4v) is 6.03. The first-order valence-electron chi connectivity index (χ1n) is 17.4. The Labute approximate surface area is 365 Å². The second-order valence-corrected chi connectivity index (χ2v) is 14.7. The van der Waals surface area contributed by atoms with Gasteiger partial charge in [0.2, 0.25) is 0 Å². The summed E-state index contributed by atoms with van der Waals surface area (Å²) in [7, 11) is 0. The molecule has 20 heteroatoms. The Morgan fingerprint density at radius 1 is 0.667 bits per heavy atom. The Morgan fingerprint density at radius 2 is 1.13 bits per heavy atom. The Morgan fingerprint density at radius 3 is 1.62 bits per heavy atom. The summed E-state index contributed by atoms with van der Waals surface area (Å²) in [5.74, 6) is 1.05. The lowest BCUT2D eigenvalue weighted by Crippen LogP contribution is -2.12. The summed E-state index contributed by atoms with van der Waals surface area (Å²) in [5.41, 5.74) is 18.7. The smallest absolute Gasteiger partial charge is 0.268 e. The molecule has 6 N–H and O–H groups in total. The van der Waals surface area contributed by atoms with Crippen molar-refractivity contribution in [3.63, 3.8) is 0 Å². The summed E-state index contributed by atoms with van der Waals surface area (Å²) in [4.78, 5) is 31.6. The zero-order chi connectivity index (χ0) is 42.1. The van der Waals surface area contributed by atoms with Crippen molar-refractivity contribution in [2.24, 2.45) is 0 Å². The number of hydrogen-bond donors (Lipinski definition) is 4. The van der Waals surface area contributed by atoms with Gasteiger partial charge >= 0.3 is 0 Å². The highest BCUT2D eigenvalue weighted by atomic mass is 35.6. The van der Waals surface area contributed by atoms with Gasteiger partial charge in [0, 0.05) is 34.6 Å². The van der Waals surface area contributed by atoms with E-state index in [0.29, 0.717) is 22.4 Å². The van der Waals surface area contributed by atoms with Gasteiger partial charge in [-0.2, -0.15) is 10.2 Å². The van der Waals surface area contributed by atoms with Gasteiger partial charge in [-0.1, -0.05) is 114 Å². The molecule has 0 fully saturated rings. The van der Waals surface area contributed by atoms with E-state index in [1.54, 1.807) is 21.4 Å². The largest absolute Gasteiger partial charge is 0.392 e. The zero-order valence-corrected chi connectivity index (χ0v) is 34.1. The molecule has 6 aromatic heterocycles. The van der Waals surface area contributed by atoms with Gasteiger partial charge < -0.3 is 22.1 Å². The highest BCUT2D eigenvalue weighted by Gasteiger charge is 2.21. The maximum absolute atomic E-state index is 7.35. The number of fused-ring (bicyclic) bond motifs is 2. The predicted molar refractivity (Wildman–Crippen MR) is 239 cm³/mol. The van der Waals surface area contributed by atoms with E-state index in [1.807, 2.05) is 92.8 Å². The SMILES string of the molecule is C.ClC(Cl)Cl.[C-]#[N+]c1c(N)ncnc1NC(C)c1cc2ncc(Cl)n2nc1-c1ccccc1.[C-]#[N+]c1c(N)ncnc1NC(C)c1cc2nccn2nc1-c1ccccc1. The van der Waals surface area contributed by atoms with Crippen molar-refractivity contribution in [2.75, 3.05) is 22.1 Å². The van der Waals surface area contributed by atoms with Crippen LogP contribution in [0, 0.1) is 13.1 Å². The number of nitrogens with one attached hydrogen (secondary N) is 2. The number of halogens is 4. The first-order valence-corrected chi connectivity index (χ1v) is 19.1. The third-order valence-electron chi connectivity index (χ3n) is 8.55. The van der Waals surface area contributed by atoms with Crippen LogP contribution in [0.2, 0.25) is 5.15 Å². The van der Waals surface area contributed by atoms with E-state index < -0.39 is 4.30 Å². The van der Waals surface area contributed by atoms with Crippen molar-refractivity contribution in [2.45, 2.75) is 37.7 Å². The molecule has 2 unspecified atom stereocenters. The van der Waals surface area contributed by atoms with Crippen LogP contribution < -0.4 is 22.1 Å². The molecule has 2 aromatic carbocycles. The van der Waals surface area contributed by atoms with Crippen molar-refractivity contribution in [3.8, 4) is 22.5 Å². The summed E-state index contributed by atoms with van der Waals surface area (Å²) in [6, 6.07) is 23.2. The number of nitrogens with two attached hydrogens (primary N) is 2. The van der Waals surface area contributed by atoms with E-state index in [2.05, 4.69) is 50.2 Å². The van der Waals surface area contributed by atoms with Crippen molar-refractivity contribution in [1.29, 1.82) is 0 Å². The van der Waals surface area contributed by atoms with Crippen molar-refractivity contribution < 1.29 is 0 Å². The number of nitrogens with zero attached hydrogens (tertiary/aromatic N) is 12. The lowest BCUT2D eigenvalue weighted by molar-refractivity contribution is 0.841. The minimum absolute atomic E-state index is 0. The average molecular weight is 883 g/mol. The second-order valence-electron chi connectivity index (χ2n) is 12.3. The molecular weight excluding hydrogens is 846 g/mol. The van der Waals surface area contributed by atoms with Gasteiger partial charge in [0.05, 0.1) is 42.8 Å². The molecule has 0 amide bonds. The minimum Gasteiger partial charge on any atom is -0.392 e. The molecule has 304 valence electrons. The molecule has 0 aliphatic rings. The van der Waals surface area contributed by atoms with E-state index >= 15 is 0 Å². The van der Waals surface area contributed by atoms with Crippen molar-refractivity contribution in [3.05, 3.63) is 143 Å². The van der Waals surface area contributed by atoms with Gasteiger partial charge in [-0.15, -0.1) is 0 Å². The van der Waals surface area contributed by atoms with Gasteiger partial charge in [0.15, 0.2) is 20.7 Å². The molecule has 60 heavy (non-hydrogen) atoms. The van der Waals surface area contributed by atoms with Crippen LogP contribution in [-0.4, -0.2) is 53.4 Å². The van der Waals surface area contributed by atoms with E-state index in [4.69, 9.17) is 81.2 Å². The van der Waals surface area contributed by atoms with Crippen LogP contribution in [0.5, 0.6) is 0 Å². The molecule has 0 saturated heterocycles. The molecule has 0 bridgehead atoms. The van der Waals surface area contributed by atoms with Gasteiger partial charge in [0.25, 0.3) is 11.4 Å². The molecule has 8 rings (SSSR count). The van der Waals surface area contributed by atoms with Crippen LogP contribution in [0.4, 0.5) is 34.6 Å². The Balaban J connectivity index is 0.000000206. The zero-order valence-electron chi connectivity index (χ0n) is 31.1. The van der Waals surface area contributed by atoms with E-state index in [-0.39, 0.29) is 42.5 Å². The first-order chi connectivity index (χ1) is 28.5. The highest BCUT2D eigenvalue weighted by Crippen LogP contribution is 2.35. The van der Waals surface area contributed by atoms with Crippen molar-refractivity contribution in [1.82, 2.24) is 49.1 Å². The Hall–Kier alpha value is -6.82. The number of rotatable bonds is 8. The monoisotopic (exact) mass is 880 g/mol. The minimum atomic E-state index is -0.750. The van der Waals surface area contributed by atoms with E-state index in [9.17, 15) is 0 Å². The van der Waals surface area contributed by atoms with Gasteiger partial charge in [-0.3, -0.25) is 0 Å². The predicted octanol–water partition coefficient (Wildman–Crippen LogP) is 10.3. The number of aromatic nitrogens is 10. The third kappa shape index (κ3) is 10.2. The van der Waals surface area contributed by atoms with Crippen LogP contribution in [0.15, 0.2) is 104 Å². The Bertz CT molecular complexity index is 2780. The topological polar surface area (TPSA) is 197 Å². The summed E-state index contributed by atoms with van der Waals surface area (Å²) in [5, 5.41) is 16.4. The third-order valence-corrected chi connectivity index (χ3v) is 8.81. The van der Waals surface area contributed by atoms with Crippen LogP contribution >= 0.6 is 46.4 Å². The average Bonchev–Trinajstić information content (AvgIpc) is 3.86. The molecule has 0 aliphatic carbocycles. The van der Waals surface area contributed by atoms with Gasteiger partial charge in [-0.25, -0.2) is 48.6 Å². The number of imidazole rings is 2. The molecule has 0 aliphatic heterocycles. The standard InChI is InChI=1S/C19H15ClN8.C19H16N8.CHCl3.CH4/c1-11(26-19-17(22-2)18(21)24-10-25-19)13-8-15-23-9-14(20)28(15)27-16(13)12-6-4-3-5-7-12;1-12(25-19-17(21-2)18(20)23-11-24-19)14-10-15-22-8-9-27(15)26-16(14)13-6-4-3-5-7-13;2-1(3)4;/h3-11H,1H3,(H3,21,24,25,26);3-12H,1H3,(H3,20,23,24,25);1H;1H4. The van der Waals surface area contributed by atoms with Crippen LogP contribution in [-0.2, 0) is 0 Å². The molecule has 16 nitrogen and oxygen atoms in total. The summed E-state index contributed by atoms with van der Waals surface area (Å²) >= 11 is 20.6. The fraction of sp³-hybridized carbons (Fsp3) is 0.150. The molecule has 8 aromatic rings. The fourth-order valence-electron chi connectivity index (χ4n) is 5.85. The van der Waals surface area contributed by atoms with Crippen LogP contribution in [0.25, 0.3) is 43.5 Å². The number of benzene rings is 2. The number of alkyl halides is 3. The quantitative estimate of drug-likeness (QED) is 0.0834. The second kappa shape index (κ2) is 20.2. The highest BCUT2D eigenvalue weighted by molar-refractivity contribution is 6.63. The lowest BCUT2D eigenvalue weighted by Gasteiger charge is -2.19. The van der Waals surface area contributed by atoms with Gasteiger partial charge in [-0.05, 0) is 26.0 Å². The summed E-state index contributed by atoms with van der Waals surface area (Å²) in [6.07, 6.45) is 7.75. The maximum atomic E-state index is 7.35. The van der Waals surface area contributed by atoms with Gasteiger partial charge in [0.1, 0.15) is 35.9 Å². The first kappa shape index (κ1) is 44.3. The number of anilines is 4. The molecule has 0 spiro atoms. The number of hydrogen-bond acceptors (Lipinski definition) is 12. The maximum Gasteiger partial charge on any atom is 0.268 e. The van der Waals surface area contributed by atoms with E-state index in [0.717, 1.165) is 39.3 Å². The normalized spacial score (nSPS) is 11.5. The molecule has 0 radical (unpaired) electrons. The summed E-state index contributed by atoms with van der Waals surface area (Å²) in [6.45, 7) is 18.6. The van der Waals surface area contributed by atoms with Crippen molar-refractivity contribution >= 4 is 92.3 Å². The molecular formula is C40H36Cl4N16. The van der Waals surface area contributed by atoms with Crippen LogP contribution in [0.3, 0.4) is 0 Å². The Kier molecular flexibility index (Phi) is 14.9. The molecule has 6 heterocycles. The molecule has 2 atom stereocenters. The molecule has 0 saturated carbocycles. The number of nitrogen functional groups attached to an aromatic ring is 2. The summed E-state index contributed by atoms with van der Waals surface area (Å²) < 4.78 is 2.58. The van der Waals surface area contributed by atoms with Crippen LogP contribution in [0.1, 0.15) is 44.5 Å².